The molecule has 0 bridgehead atoms. The summed E-state index contributed by atoms with van der Waals surface area (Å²) in [6, 6.07) is 9.48. The van der Waals surface area contributed by atoms with E-state index in [0.29, 0.717) is 23.7 Å². The number of rotatable bonds is 7. The second kappa shape index (κ2) is 10.1. The van der Waals surface area contributed by atoms with Crippen molar-refractivity contribution in [2.24, 2.45) is 0 Å². The monoisotopic (exact) mass is 493 g/mol. The number of hydrogen-bond donors (Lipinski definition) is 2. The maximum absolute atomic E-state index is 12.8. The van der Waals surface area contributed by atoms with E-state index in [9.17, 15) is 9.59 Å². The first kappa shape index (κ1) is 23.7. The van der Waals surface area contributed by atoms with Crippen LogP contribution in [0.15, 0.2) is 48.8 Å². The molecule has 0 saturated carbocycles. The quantitative estimate of drug-likeness (QED) is 0.340. The lowest BCUT2D eigenvalue weighted by Gasteiger charge is -2.27. The average molecular weight is 495 g/mol. The number of carbonyl (C=O) groups is 2. The Bertz CT molecular complexity index is 1110. The predicted octanol–water partition coefficient (Wildman–Crippen LogP) is 5.27. The second-order valence-corrected chi connectivity index (χ2v) is 8.10. The summed E-state index contributed by atoms with van der Waals surface area (Å²) >= 11 is 17.8. The second-order valence-electron chi connectivity index (χ2n) is 6.90. The molecule has 0 unspecified atom stereocenters. The molecular weight excluding hydrogens is 477 g/mol. The number of amides is 1. The van der Waals surface area contributed by atoms with Crippen LogP contribution >= 0.6 is 34.8 Å². The van der Waals surface area contributed by atoms with Crippen LogP contribution in [0.2, 0.25) is 15.2 Å². The van der Waals surface area contributed by atoms with Crippen LogP contribution in [0.25, 0.3) is 0 Å². The van der Waals surface area contributed by atoms with Gasteiger partial charge < -0.3 is 15.4 Å². The van der Waals surface area contributed by atoms with Crippen molar-refractivity contribution in [3.05, 3.63) is 69.6 Å². The zero-order valence-corrected chi connectivity index (χ0v) is 19.3. The van der Waals surface area contributed by atoms with Crippen LogP contribution in [-0.4, -0.2) is 32.6 Å². The predicted molar refractivity (Wildman–Crippen MR) is 124 cm³/mol. The molecule has 32 heavy (non-hydrogen) atoms. The summed E-state index contributed by atoms with van der Waals surface area (Å²) in [6.07, 6.45) is 3.09. The normalized spacial score (nSPS) is 12.5. The van der Waals surface area contributed by atoms with Crippen molar-refractivity contribution < 1.29 is 14.3 Å². The number of aromatic nitrogens is 3. The molecule has 1 amide bonds. The average Bonchev–Trinajstić information content (AvgIpc) is 2.76. The molecule has 0 saturated heterocycles. The highest BCUT2D eigenvalue weighted by molar-refractivity contribution is 6.40. The number of pyridine rings is 1. The van der Waals surface area contributed by atoms with E-state index in [4.69, 9.17) is 39.5 Å². The number of benzene rings is 1. The van der Waals surface area contributed by atoms with Crippen LogP contribution in [0, 0.1) is 0 Å². The van der Waals surface area contributed by atoms with Gasteiger partial charge in [-0.2, -0.15) is 0 Å². The molecule has 0 aliphatic rings. The molecule has 166 valence electrons. The highest BCUT2D eigenvalue weighted by Crippen LogP contribution is 2.26. The van der Waals surface area contributed by atoms with Crippen molar-refractivity contribution in [3.8, 4) is 5.75 Å². The Balaban J connectivity index is 1.67. The molecule has 0 aliphatic heterocycles. The smallest absolute Gasteiger partial charge is 0.336 e. The van der Waals surface area contributed by atoms with E-state index in [1.165, 1.54) is 12.4 Å². The van der Waals surface area contributed by atoms with E-state index in [0.717, 1.165) is 0 Å². The summed E-state index contributed by atoms with van der Waals surface area (Å²) in [5.74, 6) is -0.304. The number of esters is 1. The molecule has 2 aromatic heterocycles. The SMILES string of the molecule is CC[C@](C)(Nc1ccc(Cl)nn1)C(=O)Oc1ccc(NC(=O)c2c(Cl)cncc2Cl)cc1. The van der Waals surface area contributed by atoms with Gasteiger partial charge in [0.2, 0.25) is 0 Å². The fourth-order valence-electron chi connectivity index (χ4n) is 2.60. The van der Waals surface area contributed by atoms with Crippen molar-refractivity contribution in [2.45, 2.75) is 25.8 Å². The molecule has 0 spiro atoms. The van der Waals surface area contributed by atoms with Gasteiger partial charge in [-0.25, -0.2) is 4.79 Å². The van der Waals surface area contributed by atoms with Gasteiger partial charge in [0.15, 0.2) is 5.15 Å². The fourth-order valence-corrected chi connectivity index (χ4v) is 3.23. The Morgan fingerprint density at radius 2 is 1.66 bits per heavy atom. The Hall–Kier alpha value is -2.94. The first-order valence-corrected chi connectivity index (χ1v) is 10.6. The van der Waals surface area contributed by atoms with E-state index in [1.54, 1.807) is 43.3 Å². The van der Waals surface area contributed by atoms with Crippen LogP contribution in [0.3, 0.4) is 0 Å². The lowest BCUT2D eigenvalue weighted by Crippen LogP contribution is -2.45. The van der Waals surface area contributed by atoms with Gasteiger partial charge in [0, 0.05) is 18.1 Å². The third kappa shape index (κ3) is 5.64. The molecule has 2 heterocycles. The minimum absolute atomic E-state index is 0.119. The zero-order valence-electron chi connectivity index (χ0n) is 17.0. The summed E-state index contributed by atoms with van der Waals surface area (Å²) < 4.78 is 5.51. The first-order valence-electron chi connectivity index (χ1n) is 9.42. The van der Waals surface area contributed by atoms with E-state index in [2.05, 4.69) is 25.8 Å². The standard InChI is InChI=1S/C21H18Cl3N5O3/c1-3-21(2,27-17-9-8-16(24)28-29-17)20(31)32-13-6-4-12(5-7-13)26-19(30)18-14(22)10-25-11-15(18)23/h4-11H,3H2,1-2H3,(H,26,30)(H,27,29)/t21-/m0/s1. The topological polar surface area (TPSA) is 106 Å². The van der Waals surface area contributed by atoms with Crippen molar-refractivity contribution in [3.63, 3.8) is 0 Å². The van der Waals surface area contributed by atoms with E-state index in [1.807, 2.05) is 6.92 Å². The number of carbonyl (C=O) groups excluding carboxylic acids is 2. The maximum Gasteiger partial charge on any atom is 0.336 e. The van der Waals surface area contributed by atoms with E-state index < -0.39 is 17.4 Å². The van der Waals surface area contributed by atoms with Crippen LogP contribution < -0.4 is 15.4 Å². The molecule has 0 aliphatic carbocycles. The highest BCUT2D eigenvalue weighted by Gasteiger charge is 2.34. The van der Waals surface area contributed by atoms with Gasteiger partial charge >= 0.3 is 5.97 Å². The highest BCUT2D eigenvalue weighted by atomic mass is 35.5. The van der Waals surface area contributed by atoms with Gasteiger partial charge in [-0.3, -0.25) is 9.78 Å². The number of nitrogens with zero attached hydrogens (tertiary/aromatic N) is 3. The number of ether oxygens (including phenoxy) is 1. The molecular formula is C21H18Cl3N5O3. The Morgan fingerprint density at radius 1 is 1.00 bits per heavy atom. The van der Waals surface area contributed by atoms with E-state index >= 15 is 0 Å². The molecule has 3 aromatic rings. The summed E-state index contributed by atoms with van der Waals surface area (Å²) in [6.45, 7) is 3.54. The Morgan fingerprint density at radius 3 is 2.22 bits per heavy atom. The van der Waals surface area contributed by atoms with Gasteiger partial charge in [-0.05, 0) is 49.7 Å². The number of nitrogens with one attached hydrogen (secondary N) is 2. The van der Waals surface area contributed by atoms with E-state index in [-0.39, 0.29) is 20.8 Å². The molecule has 11 heteroatoms. The van der Waals surface area contributed by atoms with Crippen molar-refractivity contribution in [1.82, 2.24) is 15.2 Å². The lowest BCUT2D eigenvalue weighted by atomic mass is 9.99. The Kier molecular flexibility index (Phi) is 7.50. The van der Waals surface area contributed by atoms with Crippen molar-refractivity contribution >= 4 is 58.2 Å². The fraction of sp³-hybridized carbons (Fsp3) is 0.190. The summed E-state index contributed by atoms with van der Waals surface area (Å²) in [5.41, 5.74) is -0.468. The van der Waals surface area contributed by atoms with Crippen LogP contribution in [-0.2, 0) is 4.79 Å². The maximum atomic E-state index is 12.8. The summed E-state index contributed by atoms with van der Waals surface area (Å²) in [7, 11) is 0. The molecule has 0 fully saturated rings. The molecule has 3 rings (SSSR count). The molecule has 1 atom stereocenters. The van der Waals surface area contributed by atoms with Crippen molar-refractivity contribution in [1.29, 1.82) is 0 Å². The lowest BCUT2D eigenvalue weighted by molar-refractivity contribution is -0.139. The van der Waals surface area contributed by atoms with Gasteiger partial charge in [-0.15, -0.1) is 10.2 Å². The van der Waals surface area contributed by atoms with Crippen LogP contribution in [0.5, 0.6) is 5.75 Å². The van der Waals surface area contributed by atoms with Gasteiger partial charge in [-0.1, -0.05) is 41.7 Å². The number of anilines is 2. The molecule has 2 N–H and O–H groups in total. The van der Waals surface area contributed by atoms with Gasteiger partial charge in [0.25, 0.3) is 5.91 Å². The zero-order chi connectivity index (χ0) is 23.3. The van der Waals surface area contributed by atoms with Gasteiger partial charge in [0.05, 0.1) is 15.6 Å². The summed E-state index contributed by atoms with van der Waals surface area (Å²) in [4.78, 5) is 29.1. The minimum Gasteiger partial charge on any atom is -0.425 e. The molecule has 0 radical (unpaired) electrons. The van der Waals surface area contributed by atoms with Crippen LogP contribution in [0.1, 0.15) is 30.6 Å². The molecule has 1 aromatic carbocycles. The van der Waals surface area contributed by atoms with Crippen LogP contribution in [0.4, 0.5) is 11.5 Å². The molecule has 8 nitrogen and oxygen atoms in total. The summed E-state index contributed by atoms with van der Waals surface area (Å²) in [5, 5.41) is 13.9. The number of halogens is 3. The van der Waals surface area contributed by atoms with Gasteiger partial charge in [0.1, 0.15) is 17.1 Å². The third-order valence-corrected chi connectivity index (χ3v) is 5.37. The van der Waals surface area contributed by atoms with Crippen molar-refractivity contribution in [2.75, 3.05) is 10.6 Å². The first-order chi connectivity index (χ1) is 15.2. The minimum atomic E-state index is -1.05. The Labute approximate surface area is 199 Å². The largest absolute Gasteiger partial charge is 0.425 e. The third-order valence-electron chi connectivity index (χ3n) is 4.60. The number of hydrogen-bond acceptors (Lipinski definition) is 7.